The number of amides is 1. The molecule has 0 spiro atoms. The monoisotopic (exact) mass is 502 g/mol. The standard InChI is InChI=1S/C21H15Cl2F3N2O3S/c1-12-2-6-15(7-3-12)32(30,31)28-14-5-8-16(18(23)11-14)20(29)27-19-9-4-13(22)10-17(19)21(24,25)26/h2-11,28H,1H3,(H,27,29). The predicted molar refractivity (Wildman–Crippen MR) is 118 cm³/mol. The lowest BCUT2D eigenvalue weighted by Gasteiger charge is -2.15. The molecule has 5 nitrogen and oxygen atoms in total. The SMILES string of the molecule is Cc1ccc(S(=O)(=O)Nc2ccc(C(=O)Nc3ccc(Cl)cc3C(F)(F)F)c(Cl)c2)cc1. The van der Waals surface area contributed by atoms with Gasteiger partial charge in [0, 0.05) is 5.02 Å². The number of carbonyl (C=O) groups is 1. The minimum Gasteiger partial charge on any atom is -0.321 e. The maximum absolute atomic E-state index is 13.2. The number of hydrogen-bond acceptors (Lipinski definition) is 3. The molecular formula is C21H15Cl2F3N2O3S. The van der Waals surface area contributed by atoms with E-state index in [9.17, 15) is 26.4 Å². The van der Waals surface area contributed by atoms with E-state index in [1.807, 2.05) is 6.92 Å². The van der Waals surface area contributed by atoms with Crippen LogP contribution in [0.25, 0.3) is 0 Å². The first-order chi connectivity index (χ1) is 14.9. The summed E-state index contributed by atoms with van der Waals surface area (Å²) in [6, 6.07) is 12.8. The van der Waals surface area contributed by atoms with Crippen LogP contribution in [0.2, 0.25) is 10.0 Å². The molecule has 0 aliphatic carbocycles. The Balaban J connectivity index is 1.83. The molecule has 32 heavy (non-hydrogen) atoms. The first-order valence-corrected chi connectivity index (χ1v) is 11.2. The van der Waals surface area contributed by atoms with E-state index in [1.165, 1.54) is 36.4 Å². The quantitative estimate of drug-likeness (QED) is 0.425. The number of sulfonamides is 1. The number of halogens is 5. The van der Waals surface area contributed by atoms with Gasteiger partial charge in [-0.25, -0.2) is 8.42 Å². The number of aryl methyl sites for hydroxylation is 1. The molecule has 168 valence electrons. The molecule has 0 radical (unpaired) electrons. The molecule has 3 aromatic carbocycles. The van der Waals surface area contributed by atoms with E-state index < -0.39 is 33.4 Å². The van der Waals surface area contributed by atoms with Crippen LogP contribution in [-0.4, -0.2) is 14.3 Å². The molecule has 11 heteroatoms. The normalized spacial score (nSPS) is 11.8. The van der Waals surface area contributed by atoms with Gasteiger partial charge in [-0.1, -0.05) is 40.9 Å². The van der Waals surface area contributed by atoms with E-state index in [0.717, 1.165) is 11.6 Å². The summed E-state index contributed by atoms with van der Waals surface area (Å²) < 4.78 is 67.0. The average Bonchev–Trinajstić information content (AvgIpc) is 2.68. The summed E-state index contributed by atoms with van der Waals surface area (Å²) in [5, 5.41) is 1.86. The molecule has 1 amide bonds. The van der Waals surface area contributed by atoms with Crippen molar-refractivity contribution in [2.45, 2.75) is 18.0 Å². The van der Waals surface area contributed by atoms with Crippen molar-refractivity contribution in [3.63, 3.8) is 0 Å². The Hall–Kier alpha value is -2.75. The van der Waals surface area contributed by atoms with E-state index in [0.29, 0.717) is 6.07 Å². The van der Waals surface area contributed by atoms with E-state index in [-0.39, 0.29) is 26.2 Å². The van der Waals surface area contributed by atoms with Crippen LogP contribution in [-0.2, 0) is 16.2 Å². The first kappa shape index (κ1) is 23.9. The van der Waals surface area contributed by atoms with Crippen molar-refractivity contribution >= 4 is 50.5 Å². The van der Waals surface area contributed by atoms with Gasteiger partial charge >= 0.3 is 6.18 Å². The maximum Gasteiger partial charge on any atom is 0.418 e. The van der Waals surface area contributed by atoms with Crippen molar-refractivity contribution in [3.8, 4) is 0 Å². The third-order valence-corrected chi connectivity index (χ3v) is 6.28. The van der Waals surface area contributed by atoms with Crippen LogP contribution < -0.4 is 10.0 Å². The van der Waals surface area contributed by atoms with Crippen molar-refractivity contribution in [2.24, 2.45) is 0 Å². The molecule has 0 fully saturated rings. The lowest BCUT2D eigenvalue weighted by Crippen LogP contribution is -2.17. The van der Waals surface area contributed by atoms with Crippen LogP contribution in [0.1, 0.15) is 21.5 Å². The summed E-state index contributed by atoms with van der Waals surface area (Å²) in [6.07, 6.45) is -4.74. The Morgan fingerprint density at radius 1 is 0.938 bits per heavy atom. The van der Waals surface area contributed by atoms with Gasteiger partial charge in [-0.3, -0.25) is 9.52 Å². The molecule has 0 saturated carbocycles. The Morgan fingerprint density at radius 2 is 1.59 bits per heavy atom. The lowest BCUT2D eigenvalue weighted by molar-refractivity contribution is -0.136. The molecule has 3 aromatic rings. The predicted octanol–water partition coefficient (Wildman–Crippen LogP) is 6.37. The third kappa shape index (κ3) is 5.53. The third-order valence-electron chi connectivity index (χ3n) is 4.33. The second-order valence-corrected chi connectivity index (χ2v) is 9.28. The minimum absolute atomic E-state index is 0.0310. The average molecular weight is 503 g/mol. The summed E-state index contributed by atoms with van der Waals surface area (Å²) in [5.74, 6) is -0.907. The van der Waals surface area contributed by atoms with Gasteiger partial charge in [-0.05, 0) is 55.5 Å². The highest BCUT2D eigenvalue weighted by atomic mass is 35.5. The molecule has 0 aliphatic heterocycles. The Kier molecular flexibility index (Phi) is 6.73. The van der Waals surface area contributed by atoms with Crippen LogP contribution in [0.5, 0.6) is 0 Å². The van der Waals surface area contributed by atoms with Gasteiger partial charge in [0.25, 0.3) is 15.9 Å². The van der Waals surface area contributed by atoms with Crippen LogP contribution in [0.4, 0.5) is 24.5 Å². The van der Waals surface area contributed by atoms with Gasteiger partial charge in [0.2, 0.25) is 0 Å². The summed E-state index contributed by atoms with van der Waals surface area (Å²) in [7, 11) is -3.90. The van der Waals surface area contributed by atoms with E-state index >= 15 is 0 Å². The highest BCUT2D eigenvalue weighted by Crippen LogP contribution is 2.37. The zero-order valence-electron chi connectivity index (χ0n) is 16.3. The number of rotatable bonds is 5. The fourth-order valence-corrected chi connectivity index (χ4v) is 4.23. The number of anilines is 2. The van der Waals surface area contributed by atoms with Crippen molar-refractivity contribution < 1.29 is 26.4 Å². The zero-order chi connectivity index (χ0) is 23.7. The molecule has 0 aromatic heterocycles. The number of carbonyl (C=O) groups excluding carboxylic acids is 1. The number of alkyl halides is 3. The van der Waals surface area contributed by atoms with Gasteiger partial charge in [0.05, 0.1) is 32.4 Å². The number of nitrogens with one attached hydrogen (secondary N) is 2. The summed E-state index contributed by atoms with van der Waals surface area (Å²) in [6.45, 7) is 1.81. The van der Waals surface area contributed by atoms with Crippen molar-refractivity contribution in [3.05, 3.63) is 87.4 Å². The first-order valence-electron chi connectivity index (χ1n) is 8.94. The highest BCUT2D eigenvalue weighted by molar-refractivity contribution is 7.92. The van der Waals surface area contributed by atoms with Crippen LogP contribution in [0.15, 0.2) is 65.6 Å². The molecule has 3 rings (SSSR count). The lowest BCUT2D eigenvalue weighted by atomic mass is 10.1. The Labute approximate surface area is 192 Å². The molecule has 0 bridgehead atoms. The molecule has 0 aliphatic rings. The summed E-state index contributed by atoms with van der Waals surface area (Å²) in [5.41, 5.74) is -0.789. The summed E-state index contributed by atoms with van der Waals surface area (Å²) in [4.78, 5) is 12.5. The van der Waals surface area contributed by atoms with Gasteiger partial charge < -0.3 is 5.32 Å². The van der Waals surface area contributed by atoms with Gasteiger partial charge in [0.15, 0.2) is 0 Å². The summed E-state index contributed by atoms with van der Waals surface area (Å²) >= 11 is 11.7. The van der Waals surface area contributed by atoms with Crippen LogP contribution in [0, 0.1) is 6.92 Å². The maximum atomic E-state index is 13.2. The van der Waals surface area contributed by atoms with Gasteiger partial charge in [0.1, 0.15) is 0 Å². The second kappa shape index (κ2) is 9.01. The van der Waals surface area contributed by atoms with Gasteiger partial charge in [-0.15, -0.1) is 0 Å². The van der Waals surface area contributed by atoms with Crippen molar-refractivity contribution in [1.29, 1.82) is 0 Å². The number of hydrogen-bond donors (Lipinski definition) is 2. The second-order valence-electron chi connectivity index (χ2n) is 6.75. The largest absolute Gasteiger partial charge is 0.418 e. The van der Waals surface area contributed by atoms with E-state index in [1.54, 1.807) is 12.1 Å². The topological polar surface area (TPSA) is 75.3 Å². The van der Waals surface area contributed by atoms with Gasteiger partial charge in [-0.2, -0.15) is 13.2 Å². The highest BCUT2D eigenvalue weighted by Gasteiger charge is 2.34. The minimum atomic E-state index is -4.74. The Bertz CT molecular complexity index is 1280. The van der Waals surface area contributed by atoms with E-state index in [2.05, 4.69) is 10.0 Å². The van der Waals surface area contributed by atoms with Crippen LogP contribution in [0.3, 0.4) is 0 Å². The van der Waals surface area contributed by atoms with Crippen molar-refractivity contribution in [2.75, 3.05) is 10.0 Å². The smallest absolute Gasteiger partial charge is 0.321 e. The fourth-order valence-electron chi connectivity index (χ4n) is 2.74. The van der Waals surface area contributed by atoms with Crippen molar-refractivity contribution in [1.82, 2.24) is 0 Å². The molecule has 0 atom stereocenters. The zero-order valence-corrected chi connectivity index (χ0v) is 18.6. The fraction of sp³-hybridized carbons (Fsp3) is 0.0952. The molecule has 0 unspecified atom stereocenters. The van der Waals surface area contributed by atoms with Crippen LogP contribution >= 0.6 is 23.2 Å². The molecule has 2 N–H and O–H groups in total. The molecule has 0 heterocycles. The Morgan fingerprint density at radius 3 is 2.19 bits per heavy atom. The number of benzene rings is 3. The van der Waals surface area contributed by atoms with E-state index in [4.69, 9.17) is 23.2 Å². The molecular weight excluding hydrogens is 488 g/mol. The molecule has 0 saturated heterocycles.